The van der Waals surface area contributed by atoms with E-state index in [2.05, 4.69) is 45.1 Å². The maximum atomic E-state index is 13.3. The standard InChI is InChI=1S/C20H27BrN2O.ClH/c21-17-8-6-13(7-9-17)18-5-2-10-23(18)20(24)16-11-14-3-1-4-15(12-16)19(14)22;/h6-9,14-16,18-19H,1-5,10-12,22H2;1H. The van der Waals surface area contributed by atoms with Crippen LogP contribution in [0.2, 0.25) is 0 Å². The van der Waals surface area contributed by atoms with E-state index in [9.17, 15) is 4.79 Å². The average Bonchev–Trinajstić information content (AvgIpc) is 3.04. The molecule has 2 saturated carbocycles. The van der Waals surface area contributed by atoms with Crippen molar-refractivity contribution < 1.29 is 4.79 Å². The van der Waals surface area contributed by atoms with Crippen molar-refractivity contribution in [2.24, 2.45) is 23.5 Å². The first-order valence-electron chi connectivity index (χ1n) is 9.45. The first-order valence-corrected chi connectivity index (χ1v) is 10.2. The molecule has 3 atom stereocenters. The molecule has 4 rings (SSSR count). The second-order valence-electron chi connectivity index (χ2n) is 7.94. The zero-order valence-electron chi connectivity index (χ0n) is 14.6. The number of hydrogen-bond donors (Lipinski definition) is 1. The van der Waals surface area contributed by atoms with E-state index in [4.69, 9.17) is 5.73 Å². The molecule has 1 amide bonds. The fraction of sp³-hybridized carbons (Fsp3) is 0.650. The molecule has 1 aromatic carbocycles. The van der Waals surface area contributed by atoms with Gasteiger partial charge in [0.05, 0.1) is 6.04 Å². The van der Waals surface area contributed by atoms with Crippen LogP contribution in [0.4, 0.5) is 0 Å². The van der Waals surface area contributed by atoms with Gasteiger partial charge in [-0.15, -0.1) is 12.4 Å². The molecular formula is C20H28BrClN2O. The van der Waals surface area contributed by atoms with Crippen molar-refractivity contribution in [3.05, 3.63) is 34.3 Å². The summed E-state index contributed by atoms with van der Waals surface area (Å²) in [5.74, 6) is 1.74. The van der Waals surface area contributed by atoms with E-state index >= 15 is 0 Å². The van der Waals surface area contributed by atoms with Crippen molar-refractivity contribution in [2.75, 3.05) is 6.54 Å². The first-order chi connectivity index (χ1) is 11.6. The molecule has 138 valence electrons. The third-order valence-electron chi connectivity index (χ3n) is 6.55. The molecule has 0 spiro atoms. The fourth-order valence-corrected chi connectivity index (χ4v) is 5.55. The highest BCUT2D eigenvalue weighted by Crippen LogP contribution is 2.44. The van der Waals surface area contributed by atoms with Gasteiger partial charge in [-0.2, -0.15) is 0 Å². The molecule has 2 N–H and O–H groups in total. The Morgan fingerprint density at radius 2 is 1.68 bits per heavy atom. The molecular weight excluding hydrogens is 400 g/mol. The Bertz CT molecular complexity index is 594. The van der Waals surface area contributed by atoms with E-state index in [-0.39, 0.29) is 24.4 Å². The number of rotatable bonds is 2. The van der Waals surface area contributed by atoms with Gasteiger partial charge in [0.15, 0.2) is 0 Å². The van der Waals surface area contributed by atoms with Crippen LogP contribution in [0.3, 0.4) is 0 Å². The third-order valence-corrected chi connectivity index (χ3v) is 7.08. The van der Waals surface area contributed by atoms with Crippen LogP contribution >= 0.6 is 28.3 Å². The van der Waals surface area contributed by atoms with E-state index < -0.39 is 0 Å². The minimum atomic E-state index is 0. The Kier molecular flexibility index (Phi) is 6.12. The van der Waals surface area contributed by atoms with E-state index in [1.807, 2.05) is 0 Å². The number of carbonyl (C=O) groups is 1. The molecule has 3 aliphatic rings. The second kappa shape index (κ2) is 7.98. The fourth-order valence-electron chi connectivity index (χ4n) is 5.29. The van der Waals surface area contributed by atoms with Gasteiger partial charge in [-0.3, -0.25) is 4.79 Å². The number of carbonyl (C=O) groups excluding carboxylic acids is 1. The molecule has 1 saturated heterocycles. The van der Waals surface area contributed by atoms with Crippen molar-refractivity contribution >= 4 is 34.2 Å². The number of amides is 1. The van der Waals surface area contributed by atoms with Crippen LogP contribution < -0.4 is 5.73 Å². The highest BCUT2D eigenvalue weighted by Gasteiger charge is 2.43. The van der Waals surface area contributed by atoms with Gasteiger partial charge in [0, 0.05) is 23.0 Å². The van der Waals surface area contributed by atoms with E-state index in [0.717, 1.165) is 36.7 Å². The lowest BCUT2D eigenvalue weighted by atomic mass is 9.65. The summed E-state index contributed by atoms with van der Waals surface area (Å²) >= 11 is 3.50. The third kappa shape index (κ3) is 3.77. The van der Waals surface area contributed by atoms with Crippen molar-refractivity contribution in [2.45, 2.75) is 57.0 Å². The zero-order chi connectivity index (χ0) is 16.7. The molecule has 0 radical (unpaired) electrons. The van der Waals surface area contributed by atoms with E-state index in [1.54, 1.807) is 0 Å². The molecule has 5 heteroatoms. The van der Waals surface area contributed by atoms with E-state index in [1.165, 1.54) is 24.8 Å². The molecule has 3 unspecified atom stereocenters. The minimum absolute atomic E-state index is 0. The molecule has 2 bridgehead atoms. The smallest absolute Gasteiger partial charge is 0.226 e. The molecule has 3 fully saturated rings. The van der Waals surface area contributed by atoms with Gasteiger partial charge in [0.2, 0.25) is 5.91 Å². The highest BCUT2D eigenvalue weighted by atomic mass is 79.9. The predicted octanol–water partition coefficient (Wildman–Crippen LogP) is 4.69. The molecule has 0 aromatic heterocycles. The van der Waals surface area contributed by atoms with Crippen molar-refractivity contribution in [3.8, 4) is 0 Å². The number of nitrogens with two attached hydrogens (primary N) is 1. The lowest BCUT2D eigenvalue weighted by Crippen LogP contribution is -2.49. The van der Waals surface area contributed by atoms with Crippen LogP contribution in [-0.4, -0.2) is 23.4 Å². The van der Waals surface area contributed by atoms with Crippen LogP contribution in [0.1, 0.15) is 56.6 Å². The SMILES string of the molecule is Cl.NC1C2CCCC1CC(C(=O)N1CCCC1c1ccc(Br)cc1)C2. The van der Waals surface area contributed by atoms with Gasteiger partial charge in [0.25, 0.3) is 0 Å². The largest absolute Gasteiger partial charge is 0.335 e. The molecule has 1 heterocycles. The monoisotopic (exact) mass is 426 g/mol. The number of nitrogens with zero attached hydrogens (tertiary/aromatic N) is 1. The zero-order valence-corrected chi connectivity index (χ0v) is 17.0. The van der Waals surface area contributed by atoms with Gasteiger partial charge < -0.3 is 10.6 Å². The Labute approximate surface area is 165 Å². The molecule has 1 aromatic rings. The predicted molar refractivity (Wildman–Crippen MR) is 107 cm³/mol. The number of hydrogen-bond acceptors (Lipinski definition) is 2. The van der Waals surface area contributed by atoms with E-state index in [0.29, 0.717) is 23.8 Å². The molecule has 25 heavy (non-hydrogen) atoms. The maximum absolute atomic E-state index is 13.3. The summed E-state index contributed by atoms with van der Waals surface area (Å²) in [6, 6.07) is 9.09. The Morgan fingerprint density at radius 1 is 1.04 bits per heavy atom. The highest BCUT2D eigenvalue weighted by molar-refractivity contribution is 9.10. The summed E-state index contributed by atoms with van der Waals surface area (Å²) in [5, 5.41) is 0. The minimum Gasteiger partial charge on any atom is -0.335 e. The van der Waals surface area contributed by atoms with Crippen LogP contribution in [-0.2, 0) is 4.79 Å². The molecule has 3 nitrogen and oxygen atoms in total. The Hall–Kier alpha value is -0.580. The summed E-state index contributed by atoms with van der Waals surface area (Å²) in [7, 11) is 0. The van der Waals surface area contributed by atoms with Gasteiger partial charge >= 0.3 is 0 Å². The average molecular weight is 428 g/mol. The number of halogens is 2. The number of benzene rings is 1. The van der Waals surface area contributed by atoms with Gasteiger partial charge in [-0.25, -0.2) is 0 Å². The molecule has 1 aliphatic heterocycles. The first kappa shape index (κ1) is 19.2. The van der Waals surface area contributed by atoms with Crippen molar-refractivity contribution in [1.29, 1.82) is 0 Å². The molecule has 2 aliphatic carbocycles. The van der Waals surface area contributed by atoms with Crippen LogP contribution in [0.5, 0.6) is 0 Å². The topological polar surface area (TPSA) is 46.3 Å². The van der Waals surface area contributed by atoms with Gasteiger partial charge in [0.1, 0.15) is 0 Å². The lowest BCUT2D eigenvalue weighted by molar-refractivity contribution is -0.139. The summed E-state index contributed by atoms with van der Waals surface area (Å²) < 4.78 is 1.09. The summed E-state index contributed by atoms with van der Waals surface area (Å²) in [6.45, 7) is 0.914. The van der Waals surface area contributed by atoms with Gasteiger partial charge in [-0.05, 0) is 68.1 Å². The van der Waals surface area contributed by atoms with Gasteiger partial charge in [-0.1, -0.05) is 34.5 Å². The number of likely N-dealkylation sites (tertiary alicyclic amines) is 1. The summed E-state index contributed by atoms with van der Waals surface area (Å²) in [6.07, 6.45) is 7.97. The van der Waals surface area contributed by atoms with Crippen LogP contribution in [0, 0.1) is 17.8 Å². The Balaban J connectivity index is 0.00000182. The Morgan fingerprint density at radius 3 is 2.32 bits per heavy atom. The van der Waals surface area contributed by atoms with Crippen molar-refractivity contribution in [3.63, 3.8) is 0 Å². The van der Waals surface area contributed by atoms with Crippen LogP contribution in [0.25, 0.3) is 0 Å². The second-order valence-corrected chi connectivity index (χ2v) is 8.85. The maximum Gasteiger partial charge on any atom is 0.226 e. The normalized spacial score (nSPS) is 34.5. The summed E-state index contributed by atoms with van der Waals surface area (Å²) in [5.41, 5.74) is 7.68. The van der Waals surface area contributed by atoms with Crippen LogP contribution in [0.15, 0.2) is 28.7 Å². The van der Waals surface area contributed by atoms with Crippen molar-refractivity contribution in [1.82, 2.24) is 4.90 Å². The lowest BCUT2D eigenvalue weighted by Gasteiger charge is -2.44. The summed E-state index contributed by atoms with van der Waals surface area (Å²) in [4.78, 5) is 15.4. The quantitative estimate of drug-likeness (QED) is 0.744. The number of fused-ring (bicyclic) bond motifs is 2.